The number of carbonyl (C=O) groups is 2. The Balaban J connectivity index is 1.12. The number of fused-ring (bicyclic) bond motifs is 1. The van der Waals surface area contributed by atoms with Crippen LogP contribution in [0.15, 0.2) is 91.4 Å². The summed E-state index contributed by atoms with van der Waals surface area (Å²) in [5.74, 6) is 0.656. The summed E-state index contributed by atoms with van der Waals surface area (Å²) in [4.78, 5) is 52.0. The molecule has 15 nitrogen and oxygen atoms in total. The highest BCUT2D eigenvalue weighted by Gasteiger charge is 2.38. The first-order valence-corrected chi connectivity index (χ1v) is 18.0. The van der Waals surface area contributed by atoms with Crippen LogP contribution in [0.25, 0.3) is 11.2 Å². The van der Waals surface area contributed by atoms with Gasteiger partial charge in [-0.15, -0.1) is 0 Å². The van der Waals surface area contributed by atoms with Crippen LogP contribution in [0.5, 0.6) is 0 Å². The monoisotopic (exact) mass is 720 g/mol. The number of nitrogens with one attached hydrogen (secondary N) is 4. The van der Waals surface area contributed by atoms with Gasteiger partial charge in [-0.1, -0.05) is 66.7 Å². The second-order valence-electron chi connectivity index (χ2n) is 13.3. The van der Waals surface area contributed by atoms with Crippen LogP contribution in [-0.4, -0.2) is 97.4 Å². The summed E-state index contributed by atoms with van der Waals surface area (Å²) < 4.78 is 1.46. The Morgan fingerprint density at radius 3 is 2.38 bits per heavy atom. The molecule has 0 radical (unpaired) electrons. The molecule has 2 fully saturated rings. The van der Waals surface area contributed by atoms with Crippen molar-refractivity contribution in [2.75, 3.05) is 36.5 Å². The number of rotatable bonds is 14. The highest BCUT2D eigenvalue weighted by molar-refractivity contribution is 5.84. The van der Waals surface area contributed by atoms with Crippen molar-refractivity contribution < 1.29 is 24.6 Å². The van der Waals surface area contributed by atoms with Crippen LogP contribution < -0.4 is 31.0 Å². The summed E-state index contributed by atoms with van der Waals surface area (Å²) in [5, 5.41) is 32.5. The molecule has 1 saturated carbocycles. The number of benzene rings is 2. The molecule has 1 aliphatic heterocycles. The Morgan fingerprint density at radius 1 is 0.906 bits per heavy atom. The molecule has 15 heteroatoms. The first kappa shape index (κ1) is 35.6. The van der Waals surface area contributed by atoms with Crippen LogP contribution in [-0.2, 0) is 11.3 Å². The average molecular weight is 721 g/mol. The topological polar surface area (TPSA) is 192 Å². The zero-order valence-electron chi connectivity index (χ0n) is 29.2. The SMILES string of the molecule is O=C(CCO)N[C@H]1CC[C@H](On2cnc3c(NCC(c4ccccc4)c4ccccc4)nc(N4CC[C@@H](NC(=O)NCc5ccccn5)C4)nc32)[C@@H]1O. The van der Waals surface area contributed by atoms with E-state index >= 15 is 0 Å². The number of nitrogens with zero attached hydrogens (tertiary/aromatic N) is 6. The van der Waals surface area contributed by atoms with E-state index in [1.165, 1.54) is 11.1 Å². The highest BCUT2D eigenvalue weighted by Crippen LogP contribution is 2.29. The number of aromatic nitrogens is 5. The Labute approximate surface area is 306 Å². The summed E-state index contributed by atoms with van der Waals surface area (Å²) in [5.41, 5.74) is 3.98. The minimum absolute atomic E-state index is 0.0146. The van der Waals surface area contributed by atoms with Crippen LogP contribution in [0.1, 0.15) is 48.4 Å². The van der Waals surface area contributed by atoms with Crippen LogP contribution in [0.3, 0.4) is 0 Å². The van der Waals surface area contributed by atoms with Gasteiger partial charge < -0.3 is 41.2 Å². The van der Waals surface area contributed by atoms with Gasteiger partial charge in [0.25, 0.3) is 0 Å². The van der Waals surface area contributed by atoms with Crippen molar-refractivity contribution in [3.05, 3.63) is 108 Å². The van der Waals surface area contributed by atoms with Crippen molar-refractivity contribution in [3.8, 4) is 0 Å². The molecule has 1 saturated heterocycles. The second-order valence-corrected chi connectivity index (χ2v) is 13.3. The lowest BCUT2D eigenvalue weighted by molar-refractivity contribution is -0.123. The number of imidazole rings is 1. The molecule has 2 aromatic carbocycles. The predicted molar refractivity (Wildman–Crippen MR) is 198 cm³/mol. The molecule has 4 heterocycles. The molecule has 0 unspecified atom stereocenters. The van der Waals surface area contributed by atoms with E-state index in [1.54, 1.807) is 6.20 Å². The Hall–Kier alpha value is -5.80. The quantitative estimate of drug-likeness (QED) is 0.0988. The normalized spacial score (nSPS) is 19.7. The van der Waals surface area contributed by atoms with E-state index in [0.29, 0.717) is 68.4 Å². The molecule has 0 bridgehead atoms. The summed E-state index contributed by atoms with van der Waals surface area (Å²) in [6, 6.07) is 25.2. The van der Waals surface area contributed by atoms with Gasteiger partial charge in [0.2, 0.25) is 17.5 Å². The molecule has 3 amide bonds. The lowest BCUT2D eigenvalue weighted by Crippen LogP contribution is -2.45. The Morgan fingerprint density at radius 2 is 1.66 bits per heavy atom. The van der Waals surface area contributed by atoms with Crippen LogP contribution in [0.2, 0.25) is 0 Å². The molecular weight excluding hydrogens is 676 g/mol. The largest absolute Gasteiger partial charge is 0.405 e. The molecule has 2 aliphatic rings. The fourth-order valence-electron chi connectivity index (χ4n) is 6.92. The van der Waals surface area contributed by atoms with Gasteiger partial charge in [-0.2, -0.15) is 14.7 Å². The fraction of sp³-hybridized carbons (Fsp3) is 0.368. The maximum Gasteiger partial charge on any atom is 0.315 e. The number of aliphatic hydroxyl groups is 2. The third-order valence-electron chi connectivity index (χ3n) is 9.68. The van der Waals surface area contributed by atoms with Gasteiger partial charge in [0.05, 0.1) is 24.9 Å². The molecule has 7 rings (SSSR count). The van der Waals surface area contributed by atoms with E-state index in [0.717, 1.165) is 16.8 Å². The number of pyridine rings is 1. The van der Waals surface area contributed by atoms with Gasteiger partial charge in [-0.05, 0) is 42.5 Å². The lowest BCUT2D eigenvalue weighted by Gasteiger charge is -2.22. The van der Waals surface area contributed by atoms with E-state index in [1.807, 2.05) is 59.5 Å². The van der Waals surface area contributed by atoms with Crippen molar-refractivity contribution in [1.29, 1.82) is 0 Å². The molecule has 53 heavy (non-hydrogen) atoms. The molecule has 1 aliphatic carbocycles. The van der Waals surface area contributed by atoms with Gasteiger partial charge in [-0.3, -0.25) is 9.78 Å². The zero-order valence-corrected chi connectivity index (χ0v) is 29.2. The molecular formula is C38H44N10O5. The number of hydrogen-bond donors (Lipinski definition) is 6. The van der Waals surface area contributed by atoms with Crippen LogP contribution in [0.4, 0.5) is 16.6 Å². The van der Waals surface area contributed by atoms with Gasteiger partial charge in [0.1, 0.15) is 12.4 Å². The van der Waals surface area contributed by atoms with Crippen molar-refractivity contribution >= 4 is 34.9 Å². The number of carbonyl (C=O) groups excluding carboxylic acids is 2. The van der Waals surface area contributed by atoms with E-state index in [-0.39, 0.29) is 36.9 Å². The first-order valence-electron chi connectivity index (χ1n) is 18.0. The van der Waals surface area contributed by atoms with Crippen LogP contribution >= 0.6 is 0 Å². The minimum Gasteiger partial charge on any atom is -0.405 e. The number of hydrogen-bond acceptors (Lipinski definition) is 11. The van der Waals surface area contributed by atoms with Gasteiger partial charge in [-0.25, -0.2) is 9.78 Å². The van der Waals surface area contributed by atoms with Crippen molar-refractivity contribution in [2.24, 2.45) is 0 Å². The number of aliphatic hydroxyl groups excluding tert-OH is 2. The number of urea groups is 1. The molecule has 4 atom stereocenters. The third-order valence-corrected chi connectivity index (χ3v) is 9.68. The Bertz CT molecular complexity index is 1930. The van der Waals surface area contributed by atoms with Crippen LogP contribution in [0, 0.1) is 0 Å². The Kier molecular flexibility index (Phi) is 11.2. The van der Waals surface area contributed by atoms with E-state index in [2.05, 4.69) is 55.5 Å². The van der Waals surface area contributed by atoms with Crippen molar-refractivity contribution in [3.63, 3.8) is 0 Å². The molecule has 276 valence electrons. The minimum atomic E-state index is -0.972. The number of anilines is 2. The molecule has 3 aromatic heterocycles. The maximum atomic E-state index is 12.8. The predicted octanol–water partition coefficient (Wildman–Crippen LogP) is 2.36. The summed E-state index contributed by atoms with van der Waals surface area (Å²) in [6.45, 7) is 1.67. The smallest absolute Gasteiger partial charge is 0.315 e. The molecule has 5 aromatic rings. The third kappa shape index (κ3) is 8.64. The first-order chi connectivity index (χ1) is 25.9. The van der Waals surface area contributed by atoms with Gasteiger partial charge in [0, 0.05) is 44.2 Å². The van der Waals surface area contributed by atoms with E-state index < -0.39 is 18.2 Å². The lowest BCUT2D eigenvalue weighted by atomic mass is 9.91. The number of amides is 3. The standard InChI is InChI=1S/C38H44N10O5/c49-20-17-32(50)44-30-14-15-31(34(30)51)53-48-24-42-33-35(40-22-29(25-9-3-1-4-10-25)26-11-5-2-6-12-26)45-37(46-36(33)48)47-19-16-28(23-47)43-38(52)41-21-27-13-7-8-18-39-27/h1-13,18,24,28-31,34,49,51H,14-17,19-23H2,(H,44,50)(H,40,45,46)(H2,41,43,52)/t28-,30+,31+,34-/m1/s1. The maximum absolute atomic E-state index is 12.8. The van der Waals surface area contributed by atoms with Gasteiger partial charge in [0.15, 0.2) is 17.4 Å². The highest BCUT2D eigenvalue weighted by atomic mass is 16.7. The van der Waals surface area contributed by atoms with E-state index in [9.17, 15) is 14.7 Å². The average Bonchev–Trinajstić information content (AvgIpc) is 3.91. The zero-order chi connectivity index (χ0) is 36.6. The van der Waals surface area contributed by atoms with Gasteiger partial charge >= 0.3 is 6.03 Å². The molecule has 0 spiro atoms. The van der Waals surface area contributed by atoms with Crippen molar-refractivity contribution in [1.82, 2.24) is 40.6 Å². The summed E-state index contributed by atoms with van der Waals surface area (Å²) in [7, 11) is 0. The fourth-order valence-corrected chi connectivity index (χ4v) is 6.92. The second kappa shape index (κ2) is 16.7. The van der Waals surface area contributed by atoms with Crippen molar-refractivity contribution in [2.45, 2.75) is 62.4 Å². The summed E-state index contributed by atoms with van der Waals surface area (Å²) in [6.07, 6.45) is 3.27. The summed E-state index contributed by atoms with van der Waals surface area (Å²) >= 11 is 0. The molecule has 6 N–H and O–H groups in total. The van der Waals surface area contributed by atoms with E-state index in [4.69, 9.17) is 19.9 Å².